The molecule has 5 nitrogen and oxygen atoms in total. The average molecular weight is 177 g/mol. The molecule has 0 saturated carbocycles. The van der Waals surface area contributed by atoms with Gasteiger partial charge in [0.1, 0.15) is 6.61 Å². The van der Waals surface area contributed by atoms with Gasteiger partial charge in [0, 0.05) is 13.6 Å². The summed E-state index contributed by atoms with van der Waals surface area (Å²) in [7, 11) is 1.52. The second-order valence-electron chi connectivity index (χ2n) is 2.57. The van der Waals surface area contributed by atoms with Gasteiger partial charge in [-0.2, -0.15) is 0 Å². The number of carbonyl (C=O) groups excluding carboxylic acids is 1. The van der Waals surface area contributed by atoms with Crippen LogP contribution in [-0.4, -0.2) is 54.1 Å². The maximum absolute atomic E-state index is 10.9. The molecule has 0 radical (unpaired) electrons. The van der Waals surface area contributed by atoms with Crippen molar-refractivity contribution in [1.29, 1.82) is 0 Å². The van der Waals surface area contributed by atoms with Crippen molar-refractivity contribution >= 4 is 6.09 Å². The third-order valence-corrected chi connectivity index (χ3v) is 1.17. The van der Waals surface area contributed by atoms with Gasteiger partial charge in [-0.3, -0.25) is 0 Å². The maximum atomic E-state index is 10.9. The first-order valence-electron chi connectivity index (χ1n) is 3.74. The third-order valence-electron chi connectivity index (χ3n) is 1.17. The number of aliphatic hydroxyl groups excluding tert-OH is 2. The predicted octanol–water partition coefficient (Wildman–Crippen LogP) is -0.572. The summed E-state index contributed by atoms with van der Waals surface area (Å²) in [5.74, 6) is 0. The van der Waals surface area contributed by atoms with Crippen LogP contribution in [0.1, 0.15) is 6.92 Å². The Morgan fingerprint density at radius 3 is 2.67 bits per heavy atom. The number of nitrogens with zero attached hydrogens (tertiary/aromatic N) is 1. The van der Waals surface area contributed by atoms with E-state index >= 15 is 0 Å². The van der Waals surface area contributed by atoms with Gasteiger partial charge in [-0.05, 0) is 6.92 Å². The van der Waals surface area contributed by atoms with E-state index < -0.39 is 12.2 Å². The number of rotatable bonds is 4. The van der Waals surface area contributed by atoms with Crippen LogP contribution in [0.2, 0.25) is 0 Å². The van der Waals surface area contributed by atoms with E-state index in [1.807, 2.05) is 0 Å². The molecule has 0 rings (SSSR count). The van der Waals surface area contributed by atoms with E-state index in [1.54, 1.807) is 6.92 Å². The fraction of sp³-hybridized carbons (Fsp3) is 0.857. The zero-order valence-electron chi connectivity index (χ0n) is 7.36. The van der Waals surface area contributed by atoms with Gasteiger partial charge in [0.2, 0.25) is 0 Å². The number of aliphatic hydroxyl groups is 2. The Bertz CT molecular complexity index is 137. The Hall–Kier alpha value is -0.810. The van der Waals surface area contributed by atoms with Crippen molar-refractivity contribution in [2.45, 2.75) is 13.0 Å². The highest BCUT2D eigenvalue weighted by Gasteiger charge is 2.10. The lowest BCUT2D eigenvalue weighted by Gasteiger charge is -2.17. The Morgan fingerprint density at radius 2 is 2.25 bits per heavy atom. The minimum atomic E-state index is -0.573. The standard InChI is InChI=1S/C7H15NO4/c1-6(10)5-8(2)7(11)12-4-3-9/h6,9-10H,3-5H2,1-2H3. The van der Waals surface area contributed by atoms with Crippen molar-refractivity contribution in [3.63, 3.8) is 0 Å². The van der Waals surface area contributed by atoms with Gasteiger partial charge in [-0.25, -0.2) is 4.79 Å². The summed E-state index contributed by atoms with van der Waals surface area (Å²) < 4.78 is 4.58. The summed E-state index contributed by atoms with van der Waals surface area (Å²) in [5.41, 5.74) is 0. The lowest BCUT2D eigenvalue weighted by Crippen LogP contribution is -2.33. The van der Waals surface area contributed by atoms with Crippen LogP contribution in [0.15, 0.2) is 0 Å². The normalized spacial score (nSPS) is 12.3. The van der Waals surface area contributed by atoms with E-state index in [2.05, 4.69) is 4.74 Å². The van der Waals surface area contributed by atoms with E-state index in [4.69, 9.17) is 10.2 Å². The number of amides is 1. The molecule has 0 bridgehead atoms. The molecule has 0 fully saturated rings. The van der Waals surface area contributed by atoms with Crippen molar-refractivity contribution in [1.82, 2.24) is 4.90 Å². The van der Waals surface area contributed by atoms with Crippen LogP contribution >= 0.6 is 0 Å². The first-order valence-corrected chi connectivity index (χ1v) is 3.74. The highest BCUT2D eigenvalue weighted by Crippen LogP contribution is 1.92. The lowest BCUT2D eigenvalue weighted by molar-refractivity contribution is 0.0749. The zero-order chi connectivity index (χ0) is 9.56. The second-order valence-corrected chi connectivity index (χ2v) is 2.57. The molecule has 0 aliphatic heterocycles. The molecule has 0 spiro atoms. The molecule has 2 N–H and O–H groups in total. The second kappa shape index (κ2) is 5.79. The summed E-state index contributed by atoms with van der Waals surface area (Å²) in [5, 5.41) is 17.2. The molecule has 0 aromatic rings. The molecule has 0 aromatic heterocycles. The molecule has 12 heavy (non-hydrogen) atoms. The van der Waals surface area contributed by atoms with Crippen molar-refractivity contribution < 1.29 is 19.7 Å². The van der Waals surface area contributed by atoms with Gasteiger partial charge in [0.15, 0.2) is 0 Å². The molecule has 0 heterocycles. The first-order chi connectivity index (χ1) is 5.57. The zero-order valence-corrected chi connectivity index (χ0v) is 7.36. The molecule has 0 saturated heterocycles. The van der Waals surface area contributed by atoms with Crippen molar-refractivity contribution in [2.75, 3.05) is 26.8 Å². The summed E-state index contributed by atoms with van der Waals surface area (Å²) in [4.78, 5) is 12.2. The Labute approximate surface area is 71.6 Å². The number of ether oxygens (including phenoxy) is 1. The van der Waals surface area contributed by atoms with Crippen LogP contribution in [0, 0.1) is 0 Å². The van der Waals surface area contributed by atoms with Crippen LogP contribution in [0.3, 0.4) is 0 Å². The van der Waals surface area contributed by atoms with E-state index in [9.17, 15) is 4.79 Å². The number of likely N-dealkylation sites (N-methyl/N-ethyl adjacent to an activating group) is 1. The summed E-state index contributed by atoms with van der Waals surface area (Å²) >= 11 is 0. The largest absolute Gasteiger partial charge is 0.447 e. The fourth-order valence-electron chi connectivity index (χ4n) is 0.714. The van der Waals surface area contributed by atoms with Gasteiger partial charge >= 0.3 is 6.09 Å². The Kier molecular flexibility index (Phi) is 5.40. The average Bonchev–Trinajstić information content (AvgIpc) is 1.98. The van der Waals surface area contributed by atoms with Gasteiger partial charge in [-0.15, -0.1) is 0 Å². The van der Waals surface area contributed by atoms with Crippen molar-refractivity contribution in [3.8, 4) is 0 Å². The quantitative estimate of drug-likeness (QED) is 0.603. The van der Waals surface area contributed by atoms with E-state index in [-0.39, 0.29) is 19.8 Å². The molecular formula is C7H15NO4. The minimum absolute atomic E-state index is 0.0109. The molecular weight excluding hydrogens is 162 g/mol. The molecule has 0 aliphatic rings. The summed E-state index contributed by atoms with van der Waals surface area (Å²) in [6, 6.07) is 0. The Balaban J connectivity index is 3.61. The van der Waals surface area contributed by atoms with Crippen LogP contribution in [0.5, 0.6) is 0 Å². The molecule has 1 amide bonds. The smallest absolute Gasteiger partial charge is 0.409 e. The Morgan fingerprint density at radius 1 is 1.67 bits per heavy atom. The van der Waals surface area contributed by atoms with Gasteiger partial charge in [0.05, 0.1) is 12.7 Å². The van der Waals surface area contributed by atoms with Gasteiger partial charge in [-0.1, -0.05) is 0 Å². The van der Waals surface area contributed by atoms with Crippen molar-refractivity contribution in [3.05, 3.63) is 0 Å². The summed E-state index contributed by atoms with van der Waals surface area (Å²) in [6.07, 6.45) is -1.11. The molecule has 72 valence electrons. The van der Waals surface area contributed by atoms with Crippen LogP contribution < -0.4 is 0 Å². The number of hydrogen-bond acceptors (Lipinski definition) is 4. The SMILES string of the molecule is CC(O)CN(C)C(=O)OCCO. The molecule has 0 aliphatic carbocycles. The minimum Gasteiger partial charge on any atom is -0.447 e. The summed E-state index contributed by atoms with van der Waals surface area (Å²) in [6.45, 7) is 1.61. The van der Waals surface area contributed by atoms with Crippen LogP contribution in [0.25, 0.3) is 0 Å². The monoisotopic (exact) mass is 177 g/mol. The molecule has 1 unspecified atom stereocenters. The maximum Gasteiger partial charge on any atom is 0.409 e. The molecule has 0 aromatic carbocycles. The van der Waals surface area contributed by atoms with E-state index in [0.29, 0.717) is 0 Å². The van der Waals surface area contributed by atoms with E-state index in [1.165, 1.54) is 11.9 Å². The predicted molar refractivity (Wildman–Crippen MR) is 42.7 cm³/mol. The molecule has 5 heteroatoms. The number of carbonyl (C=O) groups is 1. The van der Waals surface area contributed by atoms with Crippen LogP contribution in [-0.2, 0) is 4.74 Å². The lowest BCUT2D eigenvalue weighted by atomic mass is 10.4. The number of hydrogen-bond donors (Lipinski definition) is 2. The molecule has 1 atom stereocenters. The highest BCUT2D eigenvalue weighted by atomic mass is 16.6. The van der Waals surface area contributed by atoms with Crippen molar-refractivity contribution in [2.24, 2.45) is 0 Å². The van der Waals surface area contributed by atoms with E-state index in [0.717, 1.165) is 0 Å². The topological polar surface area (TPSA) is 70.0 Å². The van der Waals surface area contributed by atoms with Crippen LogP contribution in [0.4, 0.5) is 4.79 Å². The highest BCUT2D eigenvalue weighted by molar-refractivity contribution is 5.67. The van der Waals surface area contributed by atoms with Gasteiger partial charge < -0.3 is 19.8 Å². The first kappa shape index (κ1) is 11.2. The fourth-order valence-corrected chi connectivity index (χ4v) is 0.714. The van der Waals surface area contributed by atoms with Gasteiger partial charge in [0.25, 0.3) is 0 Å². The third kappa shape index (κ3) is 4.92.